The zero-order chi connectivity index (χ0) is 14.4. The van der Waals surface area contributed by atoms with Crippen molar-refractivity contribution < 1.29 is 14.7 Å². The van der Waals surface area contributed by atoms with Crippen molar-refractivity contribution in [2.45, 2.75) is 19.8 Å². The minimum absolute atomic E-state index is 0.0396. The monoisotopic (exact) mass is 269 g/mol. The lowest BCUT2D eigenvalue weighted by molar-refractivity contribution is -0.138. The van der Waals surface area contributed by atoms with E-state index >= 15 is 0 Å². The molecule has 0 aliphatic carbocycles. The summed E-state index contributed by atoms with van der Waals surface area (Å²) in [5, 5.41) is 11.1. The second kappa shape index (κ2) is 6.53. The fourth-order valence-electron chi connectivity index (χ4n) is 1.51. The van der Waals surface area contributed by atoms with Crippen LogP contribution in [-0.4, -0.2) is 33.5 Å². The van der Waals surface area contributed by atoms with E-state index in [2.05, 4.69) is 10.3 Å². The van der Waals surface area contributed by atoms with Gasteiger partial charge < -0.3 is 15.4 Å². The minimum atomic E-state index is -0.930. The van der Waals surface area contributed by atoms with Gasteiger partial charge in [0.25, 0.3) is 5.56 Å². The number of H-pyrrole nitrogens is 2. The highest BCUT2D eigenvalue weighted by Gasteiger charge is 2.10. The number of carbonyl (C=O) groups excluding carboxylic acids is 1. The lowest BCUT2D eigenvalue weighted by Crippen LogP contribution is -2.32. The Labute approximate surface area is 107 Å². The smallest absolute Gasteiger partial charge is 0.325 e. The van der Waals surface area contributed by atoms with E-state index in [-0.39, 0.29) is 31.0 Å². The molecule has 1 amide bonds. The molecule has 8 heteroatoms. The van der Waals surface area contributed by atoms with Crippen LogP contribution >= 0.6 is 0 Å². The SMILES string of the molecule is CC(CNC(=O)Cc1cc(=O)[nH]c(=O)[nH]1)CC(=O)O. The van der Waals surface area contributed by atoms with Crippen LogP contribution in [0.4, 0.5) is 0 Å². The summed E-state index contributed by atoms with van der Waals surface area (Å²) in [6.45, 7) is 1.92. The molecule has 1 atom stereocenters. The molecule has 1 aromatic heterocycles. The van der Waals surface area contributed by atoms with Crippen molar-refractivity contribution in [3.8, 4) is 0 Å². The van der Waals surface area contributed by atoms with Gasteiger partial charge in [-0.3, -0.25) is 19.4 Å². The Morgan fingerprint density at radius 3 is 2.63 bits per heavy atom. The Bertz CT molecular complexity index is 546. The Morgan fingerprint density at radius 2 is 2.05 bits per heavy atom. The molecule has 0 aromatic carbocycles. The molecule has 104 valence electrons. The second-order valence-corrected chi connectivity index (χ2v) is 4.30. The molecule has 1 heterocycles. The highest BCUT2D eigenvalue weighted by Crippen LogP contribution is 1.99. The number of aliphatic carboxylic acids is 1. The fourth-order valence-corrected chi connectivity index (χ4v) is 1.51. The zero-order valence-corrected chi connectivity index (χ0v) is 10.4. The third-order valence-electron chi connectivity index (χ3n) is 2.34. The first-order valence-corrected chi connectivity index (χ1v) is 5.68. The number of aromatic amines is 2. The van der Waals surface area contributed by atoms with Gasteiger partial charge in [-0.1, -0.05) is 6.92 Å². The van der Waals surface area contributed by atoms with Crippen molar-refractivity contribution in [3.05, 3.63) is 32.6 Å². The van der Waals surface area contributed by atoms with Crippen LogP contribution in [0.5, 0.6) is 0 Å². The number of amides is 1. The fraction of sp³-hybridized carbons (Fsp3) is 0.455. The van der Waals surface area contributed by atoms with Gasteiger partial charge in [-0.15, -0.1) is 0 Å². The summed E-state index contributed by atoms with van der Waals surface area (Å²) in [4.78, 5) is 48.3. The molecule has 0 aliphatic heterocycles. The first kappa shape index (κ1) is 14.7. The minimum Gasteiger partial charge on any atom is -0.481 e. The van der Waals surface area contributed by atoms with E-state index in [4.69, 9.17) is 5.11 Å². The van der Waals surface area contributed by atoms with E-state index in [0.29, 0.717) is 0 Å². The van der Waals surface area contributed by atoms with E-state index in [9.17, 15) is 19.2 Å². The third kappa shape index (κ3) is 5.66. The molecule has 0 saturated carbocycles. The molecule has 0 radical (unpaired) electrons. The number of carboxylic acids is 1. The van der Waals surface area contributed by atoms with Gasteiger partial charge in [0.1, 0.15) is 0 Å². The molecule has 0 fully saturated rings. The number of carboxylic acid groups (broad SMARTS) is 1. The van der Waals surface area contributed by atoms with Crippen LogP contribution in [0, 0.1) is 5.92 Å². The zero-order valence-electron chi connectivity index (χ0n) is 10.4. The maximum Gasteiger partial charge on any atom is 0.325 e. The average Bonchev–Trinajstić information content (AvgIpc) is 2.23. The van der Waals surface area contributed by atoms with Gasteiger partial charge >= 0.3 is 11.7 Å². The van der Waals surface area contributed by atoms with Crippen molar-refractivity contribution in [2.75, 3.05) is 6.54 Å². The summed E-state index contributed by atoms with van der Waals surface area (Å²) in [6, 6.07) is 1.13. The Morgan fingerprint density at radius 1 is 1.37 bits per heavy atom. The standard InChI is InChI=1S/C11H15N3O5/c1-6(2-10(17)18)5-12-8(15)3-7-4-9(16)14-11(19)13-7/h4,6H,2-3,5H2,1H3,(H,12,15)(H,17,18)(H2,13,14,16,19). The number of rotatable bonds is 6. The van der Waals surface area contributed by atoms with E-state index < -0.39 is 23.1 Å². The molecule has 0 aliphatic rings. The van der Waals surface area contributed by atoms with Crippen LogP contribution in [0.25, 0.3) is 0 Å². The third-order valence-corrected chi connectivity index (χ3v) is 2.34. The molecule has 19 heavy (non-hydrogen) atoms. The topological polar surface area (TPSA) is 132 Å². The number of carbonyl (C=O) groups is 2. The summed E-state index contributed by atoms with van der Waals surface area (Å²) >= 11 is 0. The van der Waals surface area contributed by atoms with Gasteiger partial charge in [-0.25, -0.2) is 4.79 Å². The summed E-state index contributed by atoms with van der Waals surface area (Å²) in [5.74, 6) is -1.51. The van der Waals surface area contributed by atoms with Gasteiger partial charge in [0.05, 0.1) is 6.42 Å². The number of aromatic nitrogens is 2. The van der Waals surface area contributed by atoms with E-state index in [1.807, 2.05) is 4.98 Å². The van der Waals surface area contributed by atoms with Gasteiger partial charge in [0.15, 0.2) is 0 Å². The molecule has 8 nitrogen and oxygen atoms in total. The predicted octanol–water partition coefficient (Wildman–Crippen LogP) is -1.17. The summed E-state index contributed by atoms with van der Waals surface area (Å²) in [5.41, 5.74) is -1.04. The Hall–Kier alpha value is -2.38. The summed E-state index contributed by atoms with van der Waals surface area (Å²) in [6.07, 6.45) is -0.179. The van der Waals surface area contributed by atoms with E-state index in [1.165, 1.54) is 0 Å². The van der Waals surface area contributed by atoms with Crippen LogP contribution < -0.4 is 16.6 Å². The molecular weight excluding hydrogens is 254 g/mol. The van der Waals surface area contributed by atoms with Crippen molar-refractivity contribution in [2.24, 2.45) is 5.92 Å². The summed E-state index contributed by atoms with van der Waals surface area (Å²) < 4.78 is 0. The number of nitrogens with one attached hydrogen (secondary N) is 3. The lowest BCUT2D eigenvalue weighted by Gasteiger charge is -2.10. The Kier molecular flexibility index (Phi) is 5.04. The lowest BCUT2D eigenvalue weighted by atomic mass is 10.1. The van der Waals surface area contributed by atoms with Gasteiger partial charge in [-0.05, 0) is 5.92 Å². The molecule has 0 saturated heterocycles. The van der Waals surface area contributed by atoms with Crippen molar-refractivity contribution in [1.29, 1.82) is 0 Å². The van der Waals surface area contributed by atoms with Crippen molar-refractivity contribution in [1.82, 2.24) is 15.3 Å². The van der Waals surface area contributed by atoms with E-state index in [1.54, 1.807) is 6.92 Å². The highest BCUT2D eigenvalue weighted by molar-refractivity contribution is 5.78. The molecule has 0 bridgehead atoms. The van der Waals surface area contributed by atoms with Crippen LogP contribution in [0.1, 0.15) is 19.0 Å². The molecule has 1 aromatic rings. The Balaban J connectivity index is 2.49. The van der Waals surface area contributed by atoms with E-state index in [0.717, 1.165) is 6.07 Å². The first-order valence-electron chi connectivity index (χ1n) is 5.68. The van der Waals surface area contributed by atoms with Crippen LogP contribution in [0.3, 0.4) is 0 Å². The largest absolute Gasteiger partial charge is 0.481 e. The maximum atomic E-state index is 11.5. The highest BCUT2D eigenvalue weighted by atomic mass is 16.4. The quantitative estimate of drug-likeness (QED) is 0.516. The van der Waals surface area contributed by atoms with Crippen LogP contribution in [-0.2, 0) is 16.0 Å². The molecular formula is C11H15N3O5. The predicted molar refractivity (Wildman–Crippen MR) is 65.8 cm³/mol. The van der Waals surface area contributed by atoms with Gasteiger partial charge in [0, 0.05) is 24.7 Å². The number of hydrogen-bond donors (Lipinski definition) is 4. The maximum absolute atomic E-state index is 11.5. The molecule has 1 rings (SSSR count). The van der Waals surface area contributed by atoms with Crippen molar-refractivity contribution in [3.63, 3.8) is 0 Å². The summed E-state index contributed by atoms with van der Waals surface area (Å²) in [7, 11) is 0. The molecule has 0 spiro atoms. The van der Waals surface area contributed by atoms with Crippen LogP contribution in [0.15, 0.2) is 15.7 Å². The average molecular weight is 269 g/mol. The first-order chi connectivity index (χ1) is 8.86. The van der Waals surface area contributed by atoms with Gasteiger partial charge in [0.2, 0.25) is 5.91 Å². The second-order valence-electron chi connectivity index (χ2n) is 4.30. The number of hydrogen-bond acceptors (Lipinski definition) is 4. The van der Waals surface area contributed by atoms with Crippen LogP contribution in [0.2, 0.25) is 0 Å². The molecule has 4 N–H and O–H groups in total. The van der Waals surface area contributed by atoms with Gasteiger partial charge in [-0.2, -0.15) is 0 Å². The normalized spacial score (nSPS) is 11.8. The van der Waals surface area contributed by atoms with Crippen molar-refractivity contribution >= 4 is 11.9 Å². The molecule has 1 unspecified atom stereocenters.